The van der Waals surface area contributed by atoms with Gasteiger partial charge in [0.2, 0.25) is 5.82 Å². The van der Waals surface area contributed by atoms with E-state index in [1.165, 1.54) is 12.1 Å². The van der Waals surface area contributed by atoms with E-state index in [1.54, 1.807) is 6.07 Å². The monoisotopic (exact) mass is 283 g/mol. The van der Waals surface area contributed by atoms with Crippen molar-refractivity contribution in [3.8, 4) is 17.6 Å². The van der Waals surface area contributed by atoms with Crippen molar-refractivity contribution in [2.45, 2.75) is 12.7 Å². The number of hydrogen-bond donors (Lipinski definition) is 0. The normalized spacial score (nSPS) is 14.3. The summed E-state index contributed by atoms with van der Waals surface area (Å²) in [6, 6.07) is 4.52. The van der Waals surface area contributed by atoms with Gasteiger partial charge in [0.15, 0.2) is 11.5 Å². The first-order chi connectivity index (χ1) is 9.50. The van der Waals surface area contributed by atoms with Crippen LogP contribution in [0.3, 0.4) is 0 Å². The highest BCUT2D eigenvalue weighted by Gasteiger charge is 2.38. The number of hydrogen-bond acceptors (Lipinski definition) is 4. The average molecular weight is 283 g/mol. The fourth-order valence-electron chi connectivity index (χ4n) is 2.11. The number of ether oxygens (including phenoxy) is 2. The third kappa shape index (κ3) is 1.91. The SMILES string of the molecule is N#CCn1c(C(F)(F)F)nc2cc3c(cc21)OCCO3. The van der Waals surface area contributed by atoms with Gasteiger partial charge in [-0.15, -0.1) is 0 Å². The third-order valence-corrected chi connectivity index (χ3v) is 2.89. The van der Waals surface area contributed by atoms with Crippen molar-refractivity contribution < 1.29 is 22.6 Å². The molecule has 0 amide bonds. The number of fused-ring (bicyclic) bond motifs is 2. The first-order valence-corrected chi connectivity index (χ1v) is 5.75. The first kappa shape index (κ1) is 12.6. The van der Waals surface area contributed by atoms with Crippen molar-refractivity contribution >= 4 is 11.0 Å². The number of nitrogens with zero attached hydrogens (tertiary/aromatic N) is 3. The molecule has 1 aromatic heterocycles. The molecule has 1 aliphatic rings. The summed E-state index contributed by atoms with van der Waals surface area (Å²) in [5.74, 6) is -0.382. The van der Waals surface area contributed by atoms with E-state index >= 15 is 0 Å². The Balaban J connectivity index is 2.26. The summed E-state index contributed by atoms with van der Waals surface area (Å²) in [5, 5.41) is 8.70. The lowest BCUT2D eigenvalue weighted by Crippen LogP contribution is -2.15. The second-order valence-electron chi connectivity index (χ2n) is 4.16. The van der Waals surface area contributed by atoms with Gasteiger partial charge in [-0.3, -0.25) is 0 Å². The van der Waals surface area contributed by atoms with Gasteiger partial charge in [0.25, 0.3) is 0 Å². The number of aromatic nitrogens is 2. The van der Waals surface area contributed by atoms with Gasteiger partial charge in [0.1, 0.15) is 19.8 Å². The highest BCUT2D eigenvalue weighted by atomic mass is 19.4. The number of nitriles is 1. The minimum absolute atomic E-state index is 0.122. The van der Waals surface area contributed by atoms with Crippen LogP contribution in [-0.2, 0) is 12.7 Å². The predicted molar refractivity (Wildman–Crippen MR) is 61.3 cm³/mol. The van der Waals surface area contributed by atoms with E-state index in [4.69, 9.17) is 14.7 Å². The van der Waals surface area contributed by atoms with Crippen LogP contribution in [-0.4, -0.2) is 22.8 Å². The van der Waals surface area contributed by atoms with Crippen LogP contribution in [0.4, 0.5) is 13.2 Å². The molecule has 2 heterocycles. The molecule has 0 bridgehead atoms. The molecule has 0 spiro atoms. The lowest BCUT2D eigenvalue weighted by Gasteiger charge is -2.18. The minimum atomic E-state index is -4.63. The third-order valence-electron chi connectivity index (χ3n) is 2.89. The van der Waals surface area contributed by atoms with Crippen molar-refractivity contribution in [3.05, 3.63) is 18.0 Å². The maximum atomic E-state index is 12.9. The summed E-state index contributed by atoms with van der Waals surface area (Å²) in [6.45, 7) is 0.228. The number of benzene rings is 1. The molecule has 3 rings (SSSR count). The highest BCUT2D eigenvalue weighted by Crippen LogP contribution is 2.37. The van der Waals surface area contributed by atoms with Crippen molar-refractivity contribution in [2.24, 2.45) is 0 Å². The molecule has 1 aliphatic heterocycles. The van der Waals surface area contributed by atoms with E-state index in [0.29, 0.717) is 24.7 Å². The highest BCUT2D eigenvalue weighted by molar-refractivity contribution is 5.81. The Morgan fingerprint density at radius 2 is 1.90 bits per heavy atom. The van der Waals surface area contributed by atoms with Crippen molar-refractivity contribution in [1.29, 1.82) is 5.26 Å². The quantitative estimate of drug-likeness (QED) is 0.806. The summed E-state index contributed by atoms with van der Waals surface area (Å²) in [7, 11) is 0. The van der Waals surface area contributed by atoms with E-state index in [2.05, 4.69) is 4.98 Å². The molecule has 0 saturated heterocycles. The van der Waals surface area contributed by atoms with E-state index in [9.17, 15) is 13.2 Å². The summed E-state index contributed by atoms with van der Waals surface area (Å²) in [6.07, 6.45) is -4.63. The molecule has 1 aromatic carbocycles. The van der Waals surface area contributed by atoms with Gasteiger partial charge in [-0.05, 0) is 0 Å². The fraction of sp³-hybridized carbons (Fsp3) is 0.333. The number of rotatable bonds is 1. The van der Waals surface area contributed by atoms with Crippen molar-refractivity contribution in [3.63, 3.8) is 0 Å². The van der Waals surface area contributed by atoms with Gasteiger partial charge in [0.05, 0.1) is 17.1 Å². The molecular weight excluding hydrogens is 275 g/mol. The lowest BCUT2D eigenvalue weighted by atomic mass is 10.2. The number of alkyl halides is 3. The van der Waals surface area contributed by atoms with Crippen LogP contribution in [0.2, 0.25) is 0 Å². The largest absolute Gasteiger partial charge is 0.486 e. The molecule has 5 nitrogen and oxygen atoms in total. The number of imidazole rings is 1. The van der Waals surface area contributed by atoms with Gasteiger partial charge in [0, 0.05) is 12.1 Å². The zero-order valence-electron chi connectivity index (χ0n) is 10.1. The summed E-state index contributed by atoms with van der Waals surface area (Å²) >= 11 is 0. The molecule has 0 N–H and O–H groups in total. The van der Waals surface area contributed by atoms with E-state index in [0.717, 1.165) is 4.57 Å². The summed E-state index contributed by atoms with van der Waals surface area (Å²) in [4.78, 5) is 3.56. The topological polar surface area (TPSA) is 60.1 Å². The zero-order valence-corrected chi connectivity index (χ0v) is 10.1. The predicted octanol–water partition coefficient (Wildman–Crippen LogP) is 2.35. The molecule has 0 fully saturated rings. The van der Waals surface area contributed by atoms with E-state index in [1.807, 2.05) is 0 Å². The van der Waals surface area contributed by atoms with Crippen LogP contribution < -0.4 is 9.47 Å². The van der Waals surface area contributed by atoms with E-state index < -0.39 is 18.5 Å². The van der Waals surface area contributed by atoms with Gasteiger partial charge in [-0.1, -0.05) is 0 Å². The smallest absolute Gasteiger partial charge is 0.449 e. The number of halogens is 3. The van der Waals surface area contributed by atoms with Crippen LogP contribution in [0.25, 0.3) is 11.0 Å². The Morgan fingerprint density at radius 3 is 2.50 bits per heavy atom. The molecule has 20 heavy (non-hydrogen) atoms. The second-order valence-corrected chi connectivity index (χ2v) is 4.16. The van der Waals surface area contributed by atoms with Crippen LogP contribution in [0.5, 0.6) is 11.5 Å². The van der Waals surface area contributed by atoms with Gasteiger partial charge < -0.3 is 14.0 Å². The second kappa shape index (κ2) is 4.30. The Morgan fingerprint density at radius 1 is 1.25 bits per heavy atom. The van der Waals surface area contributed by atoms with Crippen LogP contribution >= 0.6 is 0 Å². The Hall–Kier alpha value is -2.43. The van der Waals surface area contributed by atoms with Crippen LogP contribution in [0.1, 0.15) is 5.82 Å². The van der Waals surface area contributed by atoms with Crippen molar-refractivity contribution in [1.82, 2.24) is 9.55 Å². The molecule has 0 atom stereocenters. The van der Waals surface area contributed by atoms with Gasteiger partial charge >= 0.3 is 6.18 Å². The standard InChI is InChI=1S/C12H8F3N3O2/c13-12(14,15)11-17-7-5-9-10(20-4-3-19-9)6-8(7)18(11)2-1-16/h5-6H,2-4H2. The minimum Gasteiger partial charge on any atom is -0.486 e. The van der Waals surface area contributed by atoms with Crippen molar-refractivity contribution in [2.75, 3.05) is 13.2 Å². The molecule has 0 saturated carbocycles. The summed E-state index contributed by atoms with van der Waals surface area (Å²) < 4.78 is 50.3. The molecule has 2 aromatic rings. The van der Waals surface area contributed by atoms with E-state index in [-0.39, 0.29) is 11.0 Å². The molecule has 0 radical (unpaired) electrons. The maximum Gasteiger partial charge on any atom is 0.449 e. The van der Waals surface area contributed by atoms with Gasteiger partial charge in [-0.2, -0.15) is 18.4 Å². The lowest BCUT2D eigenvalue weighted by molar-refractivity contribution is -0.146. The molecular formula is C12H8F3N3O2. The van der Waals surface area contributed by atoms with Crippen LogP contribution in [0.15, 0.2) is 12.1 Å². The van der Waals surface area contributed by atoms with Gasteiger partial charge in [-0.25, -0.2) is 4.98 Å². The fourth-order valence-corrected chi connectivity index (χ4v) is 2.11. The molecule has 0 unspecified atom stereocenters. The first-order valence-electron chi connectivity index (χ1n) is 5.75. The van der Waals surface area contributed by atoms with Crippen LogP contribution in [0, 0.1) is 11.3 Å². The summed E-state index contributed by atoms with van der Waals surface area (Å²) in [5.41, 5.74) is 0.319. The molecule has 104 valence electrons. The Labute approximate surface area is 111 Å². The molecule has 0 aliphatic carbocycles. The Bertz CT molecular complexity index is 715. The Kier molecular flexibility index (Phi) is 2.71. The molecule has 8 heteroatoms. The average Bonchev–Trinajstić information content (AvgIpc) is 2.75. The maximum absolute atomic E-state index is 12.9. The zero-order chi connectivity index (χ0) is 14.3.